The maximum atomic E-state index is 9.27. The normalized spacial score (nSPS) is 23.8. The second-order valence-corrected chi connectivity index (χ2v) is 7.84. The van der Waals surface area contributed by atoms with E-state index in [-0.39, 0.29) is 17.4 Å². The first kappa shape index (κ1) is 17.0. The van der Waals surface area contributed by atoms with Crippen molar-refractivity contribution < 1.29 is 19.1 Å². The zero-order chi connectivity index (χ0) is 19.1. The molecule has 3 aromatic rings. The topological polar surface area (TPSA) is 90.5 Å². The molecule has 0 atom stereocenters. The molecule has 0 bridgehead atoms. The molecular weight excluding hydrogens is 358 g/mol. The minimum absolute atomic E-state index is 0.0621. The van der Waals surface area contributed by atoms with E-state index < -0.39 is 0 Å². The third-order valence-corrected chi connectivity index (χ3v) is 5.41. The van der Waals surface area contributed by atoms with Crippen LogP contribution in [0.15, 0.2) is 47.2 Å². The molecule has 7 nitrogen and oxygen atoms in total. The molecule has 144 valence electrons. The molecule has 0 aromatic carbocycles. The summed E-state index contributed by atoms with van der Waals surface area (Å²) in [7, 11) is 0. The van der Waals surface area contributed by atoms with Crippen molar-refractivity contribution in [1.29, 1.82) is 0 Å². The van der Waals surface area contributed by atoms with Gasteiger partial charge in [0.15, 0.2) is 5.76 Å². The number of nitrogens with zero attached hydrogens (tertiary/aromatic N) is 3. The van der Waals surface area contributed by atoms with Gasteiger partial charge in [-0.25, -0.2) is 9.97 Å². The summed E-state index contributed by atoms with van der Waals surface area (Å²) in [5.41, 5.74) is 2.04. The number of ether oxygens (including phenoxy) is 2. The fraction of sp³-hybridized carbons (Fsp3) is 0.381. The molecule has 3 aromatic heterocycles. The molecule has 0 amide bonds. The average Bonchev–Trinajstić information content (AvgIpc) is 3.38. The summed E-state index contributed by atoms with van der Waals surface area (Å²) >= 11 is 0. The standard InChI is InChI=1S/C21H21N3O4/c1-21(14-6-7-22-20(8-14)26-15-3-4-15)10-16(11-21)27-19-5-2-13(12-23-19)17-9-18(25)24-28-17/h2,5-9,12,15-16H,3-4,10-11H2,1H3,(H,24,25)/t16-,21-. The molecule has 2 fully saturated rings. The molecule has 5 rings (SSSR count). The second kappa shape index (κ2) is 6.51. The van der Waals surface area contributed by atoms with Crippen LogP contribution >= 0.6 is 0 Å². The highest BCUT2D eigenvalue weighted by Crippen LogP contribution is 2.45. The van der Waals surface area contributed by atoms with E-state index in [1.807, 2.05) is 12.3 Å². The van der Waals surface area contributed by atoms with Gasteiger partial charge in [-0.1, -0.05) is 6.92 Å². The lowest BCUT2D eigenvalue weighted by Gasteiger charge is -2.45. The number of hydrogen-bond donors (Lipinski definition) is 1. The molecule has 1 N–H and O–H groups in total. The van der Waals surface area contributed by atoms with Crippen LogP contribution in [0.1, 0.15) is 38.2 Å². The minimum atomic E-state index is -0.147. The van der Waals surface area contributed by atoms with E-state index in [0.29, 0.717) is 17.7 Å². The van der Waals surface area contributed by atoms with Crippen molar-refractivity contribution in [3.63, 3.8) is 0 Å². The van der Waals surface area contributed by atoms with Crippen molar-refractivity contribution in [2.24, 2.45) is 0 Å². The molecular formula is C21H21N3O4. The Hall–Kier alpha value is -3.09. The minimum Gasteiger partial charge on any atom is -0.491 e. The van der Waals surface area contributed by atoms with Crippen LogP contribution in [0, 0.1) is 0 Å². The Morgan fingerprint density at radius 2 is 1.86 bits per heavy atom. The number of pyridine rings is 2. The van der Waals surface area contributed by atoms with E-state index in [1.165, 1.54) is 11.6 Å². The van der Waals surface area contributed by atoms with Gasteiger partial charge in [-0.3, -0.25) is 0 Å². The van der Waals surface area contributed by atoms with Gasteiger partial charge in [-0.15, -0.1) is 0 Å². The number of hydrogen-bond acceptors (Lipinski definition) is 7. The summed E-state index contributed by atoms with van der Waals surface area (Å²) in [5, 5.41) is 12.7. The predicted octanol–water partition coefficient (Wildman–Crippen LogP) is 3.88. The van der Waals surface area contributed by atoms with Crippen molar-refractivity contribution in [2.75, 3.05) is 0 Å². The van der Waals surface area contributed by atoms with Gasteiger partial charge in [0.2, 0.25) is 11.8 Å². The largest absolute Gasteiger partial charge is 0.491 e. The zero-order valence-electron chi connectivity index (χ0n) is 15.5. The summed E-state index contributed by atoms with van der Waals surface area (Å²) < 4.78 is 16.9. The van der Waals surface area contributed by atoms with Gasteiger partial charge in [0.1, 0.15) is 12.2 Å². The van der Waals surface area contributed by atoms with Crippen molar-refractivity contribution in [2.45, 2.75) is 50.2 Å². The van der Waals surface area contributed by atoms with Gasteiger partial charge in [0, 0.05) is 36.2 Å². The van der Waals surface area contributed by atoms with E-state index in [9.17, 15) is 5.11 Å². The van der Waals surface area contributed by atoms with Crippen LogP contribution in [0.25, 0.3) is 11.3 Å². The molecule has 0 saturated heterocycles. The Labute approximate surface area is 162 Å². The summed E-state index contributed by atoms with van der Waals surface area (Å²) in [6.07, 6.45) is 8.04. The van der Waals surface area contributed by atoms with Crippen LogP contribution < -0.4 is 9.47 Å². The first-order valence-corrected chi connectivity index (χ1v) is 9.49. The lowest BCUT2D eigenvalue weighted by atomic mass is 9.64. The zero-order valence-corrected chi connectivity index (χ0v) is 15.5. The molecule has 0 aliphatic heterocycles. The molecule has 0 spiro atoms. The Balaban J connectivity index is 1.21. The van der Waals surface area contributed by atoms with Crippen LogP contribution in [0.3, 0.4) is 0 Å². The lowest BCUT2D eigenvalue weighted by Crippen LogP contribution is -2.45. The van der Waals surface area contributed by atoms with Crippen LogP contribution in [0.2, 0.25) is 0 Å². The van der Waals surface area contributed by atoms with E-state index in [4.69, 9.17) is 14.0 Å². The van der Waals surface area contributed by atoms with Gasteiger partial charge in [0.25, 0.3) is 5.88 Å². The van der Waals surface area contributed by atoms with Crippen molar-refractivity contribution in [3.05, 3.63) is 48.3 Å². The summed E-state index contributed by atoms with van der Waals surface area (Å²) in [6, 6.07) is 9.22. The van der Waals surface area contributed by atoms with Crippen LogP contribution in [0.4, 0.5) is 0 Å². The summed E-state index contributed by atoms with van der Waals surface area (Å²) in [5.74, 6) is 1.62. The SMILES string of the molecule is C[C@]1(c2ccnc(OC3CC3)c2)C[C@H](Oc2ccc(-c3cc(O)no3)cn2)C1. The Kier molecular flexibility index (Phi) is 3.96. The monoisotopic (exact) mass is 379 g/mol. The van der Waals surface area contributed by atoms with Gasteiger partial charge in [0.05, 0.1) is 0 Å². The first-order chi connectivity index (χ1) is 13.6. The second-order valence-electron chi connectivity index (χ2n) is 7.84. The van der Waals surface area contributed by atoms with E-state index in [2.05, 4.69) is 34.2 Å². The highest BCUT2D eigenvalue weighted by atomic mass is 16.5. The van der Waals surface area contributed by atoms with Crippen molar-refractivity contribution in [1.82, 2.24) is 15.1 Å². The van der Waals surface area contributed by atoms with E-state index in [1.54, 1.807) is 12.3 Å². The number of rotatable bonds is 6. The fourth-order valence-corrected chi connectivity index (χ4v) is 3.64. The Morgan fingerprint density at radius 3 is 2.54 bits per heavy atom. The summed E-state index contributed by atoms with van der Waals surface area (Å²) in [6.45, 7) is 2.25. The third-order valence-electron chi connectivity index (χ3n) is 5.41. The molecule has 0 radical (unpaired) electrons. The smallest absolute Gasteiger partial charge is 0.252 e. The highest BCUT2D eigenvalue weighted by Gasteiger charge is 2.43. The van der Waals surface area contributed by atoms with Gasteiger partial charge >= 0.3 is 0 Å². The van der Waals surface area contributed by atoms with Gasteiger partial charge in [-0.2, -0.15) is 0 Å². The molecule has 0 unspecified atom stereocenters. The molecule has 2 aliphatic carbocycles. The van der Waals surface area contributed by atoms with Crippen LogP contribution in [-0.2, 0) is 5.41 Å². The van der Waals surface area contributed by atoms with Crippen molar-refractivity contribution in [3.8, 4) is 29.0 Å². The van der Waals surface area contributed by atoms with Gasteiger partial charge < -0.3 is 19.1 Å². The van der Waals surface area contributed by atoms with Crippen molar-refractivity contribution >= 4 is 0 Å². The van der Waals surface area contributed by atoms with Crippen LogP contribution in [-0.4, -0.2) is 32.4 Å². The third kappa shape index (κ3) is 3.40. The Morgan fingerprint density at radius 1 is 1.04 bits per heavy atom. The highest BCUT2D eigenvalue weighted by molar-refractivity contribution is 5.57. The summed E-state index contributed by atoms with van der Waals surface area (Å²) in [4.78, 5) is 8.66. The molecule has 28 heavy (non-hydrogen) atoms. The predicted molar refractivity (Wildman–Crippen MR) is 100 cm³/mol. The van der Waals surface area contributed by atoms with E-state index in [0.717, 1.165) is 37.1 Å². The molecule has 3 heterocycles. The molecule has 2 saturated carbocycles. The van der Waals surface area contributed by atoms with Crippen LogP contribution in [0.5, 0.6) is 17.6 Å². The quantitative estimate of drug-likeness (QED) is 0.695. The van der Waals surface area contributed by atoms with Gasteiger partial charge in [-0.05, 0) is 54.0 Å². The number of aromatic hydroxyl groups is 1. The maximum absolute atomic E-state index is 9.27. The molecule has 7 heteroatoms. The molecule has 2 aliphatic rings. The Bertz CT molecular complexity index is 975. The van der Waals surface area contributed by atoms with E-state index >= 15 is 0 Å². The number of aromatic nitrogens is 3. The fourth-order valence-electron chi connectivity index (χ4n) is 3.64. The maximum Gasteiger partial charge on any atom is 0.252 e. The average molecular weight is 379 g/mol. The first-order valence-electron chi connectivity index (χ1n) is 9.49. The lowest BCUT2D eigenvalue weighted by molar-refractivity contribution is 0.0442.